The molecule has 0 saturated carbocycles. The zero-order valence-electron chi connectivity index (χ0n) is 11.5. The summed E-state index contributed by atoms with van der Waals surface area (Å²) >= 11 is 0. The van der Waals surface area contributed by atoms with E-state index in [0.29, 0.717) is 6.54 Å². The number of aromatic nitrogens is 1. The van der Waals surface area contributed by atoms with Crippen molar-refractivity contribution in [3.05, 3.63) is 53.6 Å². The number of rotatable bonds is 5. The Morgan fingerprint density at radius 3 is 2.62 bits per heavy atom. The van der Waals surface area contributed by atoms with Gasteiger partial charge in [-0.2, -0.15) is 13.2 Å². The molecule has 0 spiro atoms. The Balaban J connectivity index is 2.12. The van der Waals surface area contributed by atoms with Crippen molar-refractivity contribution in [1.82, 2.24) is 4.57 Å². The van der Waals surface area contributed by atoms with Gasteiger partial charge in [-0.3, -0.25) is 0 Å². The molecule has 0 saturated heterocycles. The van der Waals surface area contributed by atoms with Crippen molar-refractivity contribution in [1.29, 1.82) is 0 Å². The fraction of sp³-hybridized carbons (Fsp3) is 0.333. The molecule has 2 rings (SSSR count). The van der Waals surface area contributed by atoms with Crippen LogP contribution in [0.3, 0.4) is 0 Å². The van der Waals surface area contributed by atoms with Gasteiger partial charge in [-0.25, -0.2) is 4.39 Å². The molecule has 0 radical (unpaired) electrons. The summed E-state index contributed by atoms with van der Waals surface area (Å²) in [4.78, 5) is 0. The van der Waals surface area contributed by atoms with Crippen LogP contribution in [0.25, 0.3) is 0 Å². The number of halogens is 4. The van der Waals surface area contributed by atoms with Crippen LogP contribution in [0.2, 0.25) is 0 Å². The smallest absolute Gasteiger partial charge is 0.379 e. The molecule has 0 fully saturated rings. The first-order valence-corrected chi connectivity index (χ1v) is 6.66. The molecule has 0 unspecified atom stereocenters. The average Bonchev–Trinajstić information content (AvgIpc) is 2.84. The molecular formula is C15H16F4N2. The molecule has 0 aliphatic rings. The quantitative estimate of drug-likeness (QED) is 0.794. The first-order chi connectivity index (χ1) is 9.91. The van der Waals surface area contributed by atoms with Crippen molar-refractivity contribution >= 4 is 5.69 Å². The molecule has 0 aliphatic heterocycles. The fourth-order valence-electron chi connectivity index (χ4n) is 2.11. The van der Waals surface area contributed by atoms with Crippen molar-refractivity contribution in [3.63, 3.8) is 0 Å². The fourth-order valence-corrected chi connectivity index (χ4v) is 2.11. The highest BCUT2D eigenvalue weighted by Crippen LogP contribution is 2.33. The van der Waals surface area contributed by atoms with Crippen molar-refractivity contribution in [3.8, 4) is 0 Å². The maximum atomic E-state index is 13.2. The van der Waals surface area contributed by atoms with Crippen molar-refractivity contribution in [2.75, 3.05) is 5.32 Å². The number of nitrogens with zero attached hydrogens (tertiary/aromatic N) is 1. The number of anilines is 1. The molecule has 0 bridgehead atoms. The van der Waals surface area contributed by atoms with Gasteiger partial charge in [0.2, 0.25) is 0 Å². The lowest BCUT2D eigenvalue weighted by Gasteiger charge is -2.13. The zero-order valence-corrected chi connectivity index (χ0v) is 11.5. The Morgan fingerprint density at radius 1 is 1.19 bits per heavy atom. The summed E-state index contributed by atoms with van der Waals surface area (Å²) in [6.07, 6.45) is -1.80. The minimum atomic E-state index is -4.69. The van der Waals surface area contributed by atoms with Crippen LogP contribution in [-0.4, -0.2) is 4.57 Å². The van der Waals surface area contributed by atoms with Gasteiger partial charge >= 0.3 is 6.18 Å². The summed E-state index contributed by atoms with van der Waals surface area (Å²) in [6, 6.07) is 6.71. The standard InChI is InChI=1S/C15H16F4N2/c1-2-7-21-8-3-4-12(21)10-20-11-5-6-14(16)13(9-11)15(17,18)19/h3-6,8-9,20H,2,7,10H2,1H3. The van der Waals surface area contributed by atoms with E-state index in [1.54, 1.807) is 0 Å². The number of nitrogens with one attached hydrogen (secondary N) is 1. The molecule has 1 aromatic heterocycles. The first kappa shape index (κ1) is 15.4. The van der Waals surface area contributed by atoms with Crippen LogP contribution in [0.15, 0.2) is 36.5 Å². The van der Waals surface area contributed by atoms with Crippen LogP contribution >= 0.6 is 0 Å². The zero-order chi connectivity index (χ0) is 15.5. The Morgan fingerprint density at radius 2 is 1.95 bits per heavy atom. The maximum absolute atomic E-state index is 13.2. The van der Waals surface area contributed by atoms with E-state index in [0.717, 1.165) is 30.8 Å². The van der Waals surface area contributed by atoms with E-state index < -0.39 is 17.6 Å². The van der Waals surface area contributed by atoms with Crippen LogP contribution in [0, 0.1) is 5.82 Å². The summed E-state index contributed by atoms with van der Waals surface area (Å²) < 4.78 is 53.1. The van der Waals surface area contributed by atoms with Crippen LogP contribution in [0.1, 0.15) is 24.6 Å². The Kier molecular flexibility index (Phi) is 4.55. The highest BCUT2D eigenvalue weighted by atomic mass is 19.4. The largest absolute Gasteiger partial charge is 0.419 e. The summed E-state index contributed by atoms with van der Waals surface area (Å²) in [7, 11) is 0. The molecule has 0 aliphatic carbocycles. The van der Waals surface area contributed by atoms with E-state index in [1.165, 1.54) is 6.07 Å². The van der Waals surface area contributed by atoms with Gasteiger partial charge < -0.3 is 9.88 Å². The normalized spacial score (nSPS) is 11.7. The van der Waals surface area contributed by atoms with E-state index in [9.17, 15) is 17.6 Å². The third-order valence-electron chi connectivity index (χ3n) is 3.13. The monoisotopic (exact) mass is 300 g/mol. The van der Waals surface area contributed by atoms with Gasteiger partial charge in [-0.1, -0.05) is 6.92 Å². The third kappa shape index (κ3) is 3.77. The lowest BCUT2D eigenvalue weighted by atomic mass is 10.2. The van der Waals surface area contributed by atoms with Gasteiger partial charge in [0.15, 0.2) is 0 Å². The Hall–Kier alpha value is -1.98. The van der Waals surface area contributed by atoms with Gasteiger partial charge in [0.1, 0.15) is 5.82 Å². The van der Waals surface area contributed by atoms with Gasteiger partial charge in [-0.15, -0.1) is 0 Å². The van der Waals surface area contributed by atoms with Gasteiger partial charge in [0.25, 0.3) is 0 Å². The van der Waals surface area contributed by atoms with E-state index in [-0.39, 0.29) is 5.69 Å². The molecule has 0 atom stereocenters. The van der Waals surface area contributed by atoms with E-state index >= 15 is 0 Å². The Bertz CT molecular complexity index is 602. The number of alkyl halides is 3. The predicted octanol–water partition coefficient (Wildman–Crippen LogP) is 4.67. The number of benzene rings is 1. The van der Waals surface area contributed by atoms with Crippen molar-refractivity contribution < 1.29 is 17.6 Å². The molecule has 0 amide bonds. The van der Waals surface area contributed by atoms with Crippen molar-refractivity contribution in [2.24, 2.45) is 0 Å². The number of aryl methyl sites for hydroxylation is 1. The molecule has 114 valence electrons. The summed E-state index contributed by atoms with van der Waals surface area (Å²) in [6.45, 7) is 3.28. The van der Waals surface area contributed by atoms with Crippen LogP contribution in [0.5, 0.6) is 0 Å². The predicted molar refractivity (Wildman–Crippen MR) is 73.5 cm³/mol. The second-order valence-electron chi connectivity index (χ2n) is 4.74. The highest BCUT2D eigenvalue weighted by molar-refractivity contribution is 5.47. The number of hydrogen-bond donors (Lipinski definition) is 1. The molecule has 21 heavy (non-hydrogen) atoms. The lowest BCUT2D eigenvalue weighted by molar-refractivity contribution is -0.139. The molecule has 2 nitrogen and oxygen atoms in total. The second-order valence-corrected chi connectivity index (χ2v) is 4.74. The first-order valence-electron chi connectivity index (χ1n) is 6.66. The summed E-state index contributed by atoms with van der Waals surface area (Å²) in [5.41, 5.74) is -0.0425. The second kappa shape index (κ2) is 6.20. The molecule has 1 aromatic carbocycles. The van der Waals surface area contributed by atoms with Gasteiger partial charge in [0, 0.05) is 24.1 Å². The minimum absolute atomic E-state index is 0.243. The number of hydrogen-bond acceptors (Lipinski definition) is 1. The summed E-state index contributed by atoms with van der Waals surface area (Å²) in [5, 5.41) is 2.90. The van der Waals surface area contributed by atoms with Crippen LogP contribution in [0.4, 0.5) is 23.2 Å². The topological polar surface area (TPSA) is 17.0 Å². The highest BCUT2D eigenvalue weighted by Gasteiger charge is 2.34. The van der Waals surface area contributed by atoms with Crippen LogP contribution in [-0.2, 0) is 19.3 Å². The van der Waals surface area contributed by atoms with Gasteiger partial charge in [0.05, 0.1) is 12.1 Å². The summed E-state index contributed by atoms with van der Waals surface area (Å²) in [5.74, 6) is -1.26. The van der Waals surface area contributed by atoms with E-state index in [1.807, 2.05) is 29.8 Å². The SMILES string of the molecule is CCCn1cccc1CNc1ccc(F)c(C(F)(F)F)c1. The molecule has 2 aromatic rings. The molecule has 1 heterocycles. The van der Waals surface area contributed by atoms with Gasteiger partial charge in [-0.05, 0) is 36.8 Å². The maximum Gasteiger partial charge on any atom is 0.419 e. The molecule has 1 N–H and O–H groups in total. The van der Waals surface area contributed by atoms with E-state index in [4.69, 9.17) is 0 Å². The molecule has 6 heteroatoms. The molecular weight excluding hydrogens is 284 g/mol. The minimum Gasteiger partial charge on any atom is -0.379 e. The average molecular weight is 300 g/mol. The van der Waals surface area contributed by atoms with Crippen LogP contribution < -0.4 is 5.32 Å². The van der Waals surface area contributed by atoms with Crippen molar-refractivity contribution in [2.45, 2.75) is 32.6 Å². The lowest BCUT2D eigenvalue weighted by Crippen LogP contribution is -2.10. The Labute approximate surface area is 120 Å². The van der Waals surface area contributed by atoms with E-state index in [2.05, 4.69) is 5.32 Å². The third-order valence-corrected chi connectivity index (χ3v) is 3.13.